The number of nitrogens with one attached hydrogen (secondary N) is 1. The number of rotatable bonds is 6. The Labute approximate surface area is 114 Å². The van der Waals surface area contributed by atoms with Crippen LogP contribution in [0.25, 0.3) is 0 Å². The fourth-order valence-corrected chi connectivity index (χ4v) is 2.17. The summed E-state index contributed by atoms with van der Waals surface area (Å²) in [5.74, 6) is 2.89. The minimum atomic E-state index is 0.488. The normalized spacial score (nSPS) is 18.6. The molecule has 1 aromatic heterocycles. The van der Waals surface area contributed by atoms with Crippen molar-refractivity contribution in [1.29, 1.82) is 0 Å². The molecule has 5 nitrogen and oxygen atoms in total. The smallest absolute Gasteiger partial charge is 0.221 e. The van der Waals surface area contributed by atoms with Gasteiger partial charge >= 0.3 is 0 Å². The van der Waals surface area contributed by atoms with Crippen LogP contribution < -0.4 is 10.1 Å². The zero-order valence-electron chi connectivity index (χ0n) is 12.0. The SMILES string of the molecule is CCCc1nc(NC)c(C)c(OCC2CCOC2)n1. The van der Waals surface area contributed by atoms with E-state index in [-0.39, 0.29) is 0 Å². The van der Waals surface area contributed by atoms with Gasteiger partial charge in [0.25, 0.3) is 0 Å². The zero-order valence-corrected chi connectivity index (χ0v) is 12.0. The average Bonchev–Trinajstić information content (AvgIpc) is 2.92. The lowest BCUT2D eigenvalue weighted by Gasteiger charge is -2.14. The van der Waals surface area contributed by atoms with Crippen molar-refractivity contribution in [1.82, 2.24) is 9.97 Å². The van der Waals surface area contributed by atoms with E-state index >= 15 is 0 Å². The summed E-state index contributed by atoms with van der Waals surface area (Å²) < 4.78 is 11.2. The van der Waals surface area contributed by atoms with Gasteiger partial charge in [0.05, 0.1) is 18.8 Å². The second kappa shape index (κ2) is 6.70. The van der Waals surface area contributed by atoms with E-state index < -0.39 is 0 Å². The van der Waals surface area contributed by atoms with Crippen LogP contribution in [0.4, 0.5) is 5.82 Å². The first-order valence-electron chi connectivity index (χ1n) is 7.00. The predicted molar refractivity (Wildman–Crippen MR) is 74.7 cm³/mol. The van der Waals surface area contributed by atoms with Crippen LogP contribution in [0.5, 0.6) is 5.88 Å². The third-order valence-electron chi connectivity index (χ3n) is 3.34. The van der Waals surface area contributed by atoms with Gasteiger partial charge in [-0.25, -0.2) is 4.98 Å². The summed E-state index contributed by atoms with van der Waals surface area (Å²) in [7, 11) is 1.87. The number of hydrogen-bond donors (Lipinski definition) is 1. The van der Waals surface area contributed by atoms with Gasteiger partial charge in [-0.3, -0.25) is 0 Å². The molecule has 5 heteroatoms. The minimum Gasteiger partial charge on any atom is -0.477 e. The topological polar surface area (TPSA) is 56.3 Å². The van der Waals surface area contributed by atoms with E-state index in [1.54, 1.807) is 0 Å². The van der Waals surface area contributed by atoms with Gasteiger partial charge in [-0.05, 0) is 19.8 Å². The van der Waals surface area contributed by atoms with Gasteiger partial charge in [0.2, 0.25) is 5.88 Å². The molecule has 19 heavy (non-hydrogen) atoms. The highest BCUT2D eigenvalue weighted by atomic mass is 16.5. The second-order valence-electron chi connectivity index (χ2n) is 4.96. The Morgan fingerprint density at radius 1 is 1.42 bits per heavy atom. The Balaban J connectivity index is 2.09. The summed E-state index contributed by atoms with van der Waals surface area (Å²) in [5, 5.41) is 3.11. The number of nitrogens with zero attached hydrogens (tertiary/aromatic N) is 2. The fraction of sp³-hybridized carbons (Fsp3) is 0.714. The second-order valence-corrected chi connectivity index (χ2v) is 4.96. The molecule has 1 aliphatic rings. The van der Waals surface area contributed by atoms with Crippen molar-refractivity contribution in [3.05, 3.63) is 11.4 Å². The standard InChI is InChI=1S/C14H23N3O2/c1-4-5-12-16-13(15-3)10(2)14(17-12)19-9-11-6-7-18-8-11/h11H,4-9H2,1-3H3,(H,15,16,17). The number of aryl methyl sites for hydroxylation is 1. The van der Waals surface area contributed by atoms with Gasteiger partial charge in [0, 0.05) is 26.0 Å². The van der Waals surface area contributed by atoms with Crippen LogP contribution in [-0.4, -0.2) is 36.8 Å². The van der Waals surface area contributed by atoms with Gasteiger partial charge in [-0.15, -0.1) is 0 Å². The number of hydrogen-bond acceptors (Lipinski definition) is 5. The molecule has 0 radical (unpaired) electrons. The third-order valence-corrected chi connectivity index (χ3v) is 3.34. The van der Waals surface area contributed by atoms with Gasteiger partial charge < -0.3 is 14.8 Å². The quantitative estimate of drug-likeness (QED) is 0.854. The largest absolute Gasteiger partial charge is 0.477 e. The highest BCUT2D eigenvalue weighted by Gasteiger charge is 2.18. The van der Waals surface area contributed by atoms with E-state index in [4.69, 9.17) is 9.47 Å². The Bertz CT molecular complexity index is 417. The summed E-state index contributed by atoms with van der Waals surface area (Å²) in [4.78, 5) is 9.01. The molecule has 1 saturated heterocycles. The molecular formula is C14H23N3O2. The predicted octanol–water partition coefficient (Wildman–Crippen LogP) is 2.19. The summed E-state index contributed by atoms with van der Waals surface area (Å²) in [6, 6.07) is 0. The summed E-state index contributed by atoms with van der Waals surface area (Å²) >= 11 is 0. The fourth-order valence-electron chi connectivity index (χ4n) is 2.17. The van der Waals surface area contributed by atoms with Crippen LogP contribution in [0.3, 0.4) is 0 Å². The molecule has 0 aromatic carbocycles. The molecule has 2 rings (SSSR count). The van der Waals surface area contributed by atoms with Crippen molar-refractivity contribution in [2.45, 2.75) is 33.1 Å². The highest BCUT2D eigenvalue weighted by molar-refractivity contribution is 5.48. The molecule has 1 unspecified atom stereocenters. The molecule has 0 bridgehead atoms. The van der Waals surface area contributed by atoms with E-state index in [2.05, 4.69) is 22.2 Å². The lowest BCUT2D eigenvalue weighted by atomic mass is 10.1. The molecule has 1 N–H and O–H groups in total. The molecule has 2 heterocycles. The van der Waals surface area contributed by atoms with Gasteiger partial charge in [-0.2, -0.15) is 4.98 Å². The molecule has 106 valence electrons. The van der Waals surface area contributed by atoms with E-state index in [9.17, 15) is 0 Å². The number of aromatic nitrogens is 2. The number of ether oxygens (including phenoxy) is 2. The minimum absolute atomic E-state index is 0.488. The maximum Gasteiger partial charge on any atom is 0.221 e. The van der Waals surface area contributed by atoms with Gasteiger partial charge in [-0.1, -0.05) is 6.92 Å². The summed E-state index contributed by atoms with van der Waals surface area (Å²) in [5.41, 5.74) is 0.973. The Hall–Kier alpha value is -1.36. The molecule has 1 atom stereocenters. The molecule has 1 aromatic rings. The van der Waals surface area contributed by atoms with Crippen molar-refractivity contribution in [2.75, 3.05) is 32.2 Å². The molecule has 0 amide bonds. The van der Waals surface area contributed by atoms with Crippen LogP contribution in [0.1, 0.15) is 31.2 Å². The monoisotopic (exact) mass is 265 g/mol. The first-order chi connectivity index (χ1) is 9.24. The van der Waals surface area contributed by atoms with Crippen molar-refractivity contribution in [3.8, 4) is 5.88 Å². The molecular weight excluding hydrogens is 242 g/mol. The van der Waals surface area contributed by atoms with E-state index in [1.165, 1.54) is 0 Å². The van der Waals surface area contributed by atoms with Crippen molar-refractivity contribution >= 4 is 5.82 Å². The number of anilines is 1. The molecule has 1 aliphatic heterocycles. The maximum atomic E-state index is 5.88. The van der Waals surface area contributed by atoms with Crippen LogP contribution in [-0.2, 0) is 11.2 Å². The molecule has 1 fully saturated rings. The summed E-state index contributed by atoms with van der Waals surface area (Å²) in [6.07, 6.45) is 2.98. The van der Waals surface area contributed by atoms with Crippen molar-refractivity contribution in [2.24, 2.45) is 5.92 Å². The van der Waals surface area contributed by atoms with Crippen LogP contribution in [0, 0.1) is 12.8 Å². The Kier molecular flexibility index (Phi) is 4.96. The van der Waals surface area contributed by atoms with Crippen LogP contribution in [0.15, 0.2) is 0 Å². The lowest BCUT2D eigenvalue weighted by Crippen LogP contribution is -2.14. The average molecular weight is 265 g/mol. The van der Waals surface area contributed by atoms with E-state index in [1.807, 2.05) is 14.0 Å². The Morgan fingerprint density at radius 2 is 2.26 bits per heavy atom. The van der Waals surface area contributed by atoms with Crippen LogP contribution >= 0.6 is 0 Å². The van der Waals surface area contributed by atoms with Crippen molar-refractivity contribution < 1.29 is 9.47 Å². The van der Waals surface area contributed by atoms with Crippen LogP contribution in [0.2, 0.25) is 0 Å². The zero-order chi connectivity index (χ0) is 13.7. The summed E-state index contributed by atoms with van der Waals surface area (Å²) in [6.45, 7) is 6.43. The van der Waals surface area contributed by atoms with E-state index in [0.717, 1.165) is 49.7 Å². The first-order valence-corrected chi connectivity index (χ1v) is 7.00. The lowest BCUT2D eigenvalue weighted by molar-refractivity contribution is 0.165. The first kappa shape index (κ1) is 14.1. The Morgan fingerprint density at radius 3 is 2.89 bits per heavy atom. The highest BCUT2D eigenvalue weighted by Crippen LogP contribution is 2.23. The molecule has 0 spiro atoms. The molecule has 0 aliphatic carbocycles. The van der Waals surface area contributed by atoms with Crippen molar-refractivity contribution in [3.63, 3.8) is 0 Å². The third kappa shape index (κ3) is 3.56. The van der Waals surface area contributed by atoms with E-state index in [0.29, 0.717) is 18.4 Å². The molecule has 0 saturated carbocycles. The maximum absolute atomic E-state index is 5.88. The van der Waals surface area contributed by atoms with Gasteiger partial charge in [0.1, 0.15) is 11.6 Å². The van der Waals surface area contributed by atoms with Gasteiger partial charge in [0.15, 0.2) is 0 Å².